The van der Waals surface area contributed by atoms with Gasteiger partial charge in [-0.2, -0.15) is 4.68 Å². The van der Waals surface area contributed by atoms with Crippen molar-refractivity contribution in [1.29, 1.82) is 0 Å². The molecule has 0 saturated carbocycles. The lowest BCUT2D eigenvalue weighted by molar-refractivity contribution is 0.0913. The molecular weight excluding hydrogens is 575 g/mol. The van der Waals surface area contributed by atoms with Gasteiger partial charge >= 0.3 is 6.09 Å². The SMILES string of the molecule is CCOC(=O)n1nc(NC(=O)c2ccccc2NC(=O)c2ccc[nH]2)c2cc(C(=O)NC(C)(C)c3ccccc3F)sc21. The number of hydrogen-bond acceptors (Lipinski definition) is 7. The molecule has 11 nitrogen and oxygen atoms in total. The van der Waals surface area contributed by atoms with Crippen LogP contribution in [0.2, 0.25) is 0 Å². The molecule has 0 fully saturated rings. The Morgan fingerprint density at radius 2 is 1.72 bits per heavy atom. The number of amides is 3. The quantitative estimate of drug-likeness (QED) is 0.178. The van der Waals surface area contributed by atoms with E-state index in [0.29, 0.717) is 16.6 Å². The predicted octanol–water partition coefficient (Wildman–Crippen LogP) is 5.74. The number of rotatable bonds is 8. The van der Waals surface area contributed by atoms with E-state index in [1.54, 1.807) is 75.5 Å². The van der Waals surface area contributed by atoms with E-state index in [1.807, 2.05) is 0 Å². The summed E-state index contributed by atoms with van der Waals surface area (Å²) in [4.78, 5) is 55.3. The normalized spacial score (nSPS) is 11.3. The van der Waals surface area contributed by atoms with Crippen molar-refractivity contribution in [3.05, 3.63) is 100 Å². The van der Waals surface area contributed by atoms with Crippen molar-refractivity contribution in [3.8, 4) is 0 Å². The van der Waals surface area contributed by atoms with Gasteiger partial charge in [-0.25, -0.2) is 9.18 Å². The Labute approximate surface area is 249 Å². The topological polar surface area (TPSA) is 147 Å². The summed E-state index contributed by atoms with van der Waals surface area (Å²) in [6.07, 6.45) is 0.807. The van der Waals surface area contributed by atoms with Gasteiger partial charge < -0.3 is 25.7 Å². The molecule has 0 aliphatic heterocycles. The fraction of sp³-hybridized carbons (Fsp3) is 0.167. The van der Waals surface area contributed by atoms with Gasteiger partial charge in [0.25, 0.3) is 17.7 Å². The molecule has 5 aromatic rings. The Morgan fingerprint density at radius 1 is 0.977 bits per heavy atom. The van der Waals surface area contributed by atoms with Gasteiger partial charge in [-0.3, -0.25) is 14.4 Å². The van der Waals surface area contributed by atoms with Crippen molar-refractivity contribution in [3.63, 3.8) is 0 Å². The first-order valence-corrected chi connectivity index (χ1v) is 14.0. The highest BCUT2D eigenvalue weighted by atomic mass is 32.1. The van der Waals surface area contributed by atoms with Crippen molar-refractivity contribution in [2.24, 2.45) is 0 Å². The van der Waals surface area contributed by atoms with E-state index in [2.05, 4.69) is 26.0 Å². The Morgan fingerprint density at radius 3 is 2.44 bits per heavy atom. The van der Waals surface area contributed by atoms with Crippen LogP contribution < -0.4 is 16.0 Å². The van der Waals surface area contributed by atoms with Crippen molar-refractivity contribution in [2.45, 2.75) is 26.3 Å². The maximum Gasteiger partial charge on any atom is 0.436 e. The van der Waals surface area contributed by atoms with Crippen LogP contribution in [0.1, 0.15) is 56.9 Å². The minimum atomic E-state index is -1.06. The monoisotopic (exact) mass is 602 g/mol. The van der Waals surface area contributed by atoms with Crippen LogP contribution in [0.4, 0.5) is 20.7 Å². The zero-order valence-electron chi connectivity index (χ0n) is 23.4. The average Bonchev–Trinajstić information content (AvgIpc) is 3.72. The number of ether oxygens (including phenoxy) is 1. The number of hydrogen-bond donors (Lipinski definition) is 4. The Kier molecular flexibility index (Phi) is 8.08. The molecule has 0 saturated heterocycles. The number of aromatic amines is 1. The average molecular weight is 603 g/mol. The zero-order valence-corrected chi connectivity index (χ0v) is 24.2. The summed E-state index contributed by atoms with van der Waals surface area (Å²) in [6, 6.07) is 17.3. The number of aromatic nitrogens is 3. The van der Waals surface area contributed by atoms with Gasteiger partial charge in [0.05, 0.1) is 33.7 Å². The third kappa shape index (κ3) is 6.02. The van der Waals surface area contributed by atoms with E-state index in [1.165, 1.54) is 18.2 Å². The first kappa shape index (κ1) is 29.2. The van der Waals surface area contributed by atoms with Gasteiger partial charge in [-0.05, 0) is 57.2 Å². The number of para-hydroxylation sites is 1. The number of thiophene rings is 1. The van der Waals surface area contributed by atoms with Crippen molar-refractivity contribution < 1.29 is 28.3 Å². The van der Waals surface area contributed by atoms with Gasteiger partial charge in [0.1, 0.15) is 16.3 Å². The Hall–Kier alpha value is -5.30. The first-order valence-electron chi connectivity index (χ1n) is 13.2. The van der Waals surface area contributed by atoms with Crippen LogP contribution in [0, 0.1) is 5.82 Å². The summed E-state index contributed by atoms with van der Waals surface area (Å²) in [5.41, 5.74) is -0.0520. The smallest absolute Gasteiger partial charge is 0.436 e. The molecule has 0 aliphatic rings. The second-order valence-electron chi connectivity index (χ2n) is 9.89. The van der Waals surface area contributed by atoms with Crippen LogP contribution in [0.15, 0.2) is 72.9 Å². The first-order chi connectivity index (χ1) is 20.6. The number of carbonyl (C=O) groups excluding carboxylic acids is 4. The maximum absolute atomic E-state index is 14.5. The molecule has 0 radical (unpaired) electrons. The molecule has 4 N–H and O–H groups in total. The lowest BCUT2D eigenvalue weighted by atomic mass is 9.93. The molecule has 3 amide bonds. The summed E-state index contributed by atoms with van der Waals surface area (Å²) in [5, 5.41) is 12.8. The van der Waals surface area contributed by atoms with Crippen molar-refractivity contribution in [1.82, 2.24) is 20.1 Å². The lowest BCUT2D eigenvalue weighted by Gasteiger charge is -2.27. The predicted molar refractivity (Wildman–Crippen MR) is 160 cm³/mol. The standard InChI is InChI=1S/C30H27FN6O5S/c1-4-42-29(41)37-28-18(16-23(43-28)27(40)35-30(2,3)19-11-6-7-12-20(19)31)24(36-37)34-25(38)17-10-5-8-13-21(17)33-26(39)22-14-9-15-32-22/h5-16,32H,4H2,1-3H3,(H,33,39)(H,35,40)(H,34,36,38). The summed E-state index contributed by atoms with van der Waals surface area (Å²) in [6.45, 7) is 5.06. The minimum absolute atomic E-state index is 0.00205. The molecule has 0 bridgehead atoms. The second-order valence-corrected chi connectivity index (χ2v) is 10.9. The van der Waals surface area contributed by atoms with Gasteiger partial charge in [0, 0.05) is 11.8 Å². The highest BCUT2D eigenvalue weighted by molar-refractivity contribution is 7.20. The van der Waals surface area contributed by atoms with E-state index in [4.69, 9.17) is 4.74 Å². The molecule has 0 aliphatic carbocycles. The molecular formula is C30H27FN6O5S. The van der Waals surface area contributed by atoms with E-state index < -0.39 is 35.2 Å². The molecule has 0 unspecified atom stereocenters. The van der Waals surface area contributed by atoms with Gasteiger partial charge in [-0.1, -0.05) is 30.3 Å². The molecule has 0 atom stereocenters. The Bertz CT molecular complexity index is 1840. The number of fused-ring (bicyclic) bond motifs is 1. The van der Waals surface area contributed by atoms with E-state index in [0.717, 1.165) is 16.0 Å². The van der Waals surface area contributed by atoms with Crippen molar-refractivity contribution >= 4 is 56.9 Å². The fourth-order valence-corrected chi connectivity index (χ4v) is 5.42. The molecule has 13 heteroatoms. The van der Waals surface area contributed by atoms with E-state index in [-0.39, 0.29) is 33.4 Å². The summed E-state index contributed by atoms with van der Waals surface area (Å²) in [7, 11) is 0. The highest BCUT2D eigenvalue weighted by Crippen LogP contribution is 2.33. The zero-order chi connectivity index (χ0) is 30.7. The summed E-state index contributed by atoms with van der Waals surface area (Å²) in [5.74, 6) is -2.03. The molecule has 2 aromatic carbocycles. The van der Waals surface area contributed by atoms with Crippen molar-refractivity contribution in [2.75, 3.05) is 17.2 Å². The van der Waals surface area contributed by atoms with Gasteiger partial charge in [0.2, 0.25) is 0 Å². The molecule has 220 valence electrons. The number of nitrogens with zero attached hydrogens (tertiary/aromatic N) is 2. The van der Waals surface area contributed by atoms with Gasteiger partial charge in [-0.15, -0.1) is 16.4 Å². The number of halogens is 1. The number of anilines is 2. The summed E-state index contributed by atoms with van der Waals surface area (Å²) >= 11 is 0.962. The molecule has 43 heavy (non-hydrogen) atoms. The third-order valence-electron chi connectivity index (χ3n) is 6.49. The molecule has 3 heterocycles. The fourth-order valence-electron chi connectivity index (χ4n) is 4.43. The number of H-pyrrole nitrogens is 1. The van der Waals surface area contributed by atoms with E-state index >= 15 is 0 Å². The van der Waals surface area contributed by atoms with Crippen LogP contribution >= 0.6 is 11.3 Å². The minimum Gasteiger partial charge on any atom is -0.448 e. The van der Waals surface area contributed by atoms with Gasteiger partial charge in [0.15, 0.2) is 5.82 Å². The number of carbonyl (C=O) groups is 4. The maximum atomic E-state index is 14.5. The Balaban J connectivity index is 1.45. The number of nitrogens with one attached hydrogen (secondary N) is 4. The van der Waals surface area contributed by atoms with Crippen LogP contribution in [0.25, 0.3) is 10.2 Å². The lowest BCUT2D eigenvalue weighted by Crippen LogP contribution is -2.41. The van der Waals surface area contributed by atoms with Crippen LogP contribution in [-0.4, -0.2) is 45.2 Å². The molecule has 3 aromatic heterocycles. The largest absolute Gasteiger partial charge is 0.448 e. The van der Waals surface area contributed by atoms with Crippen LogP contribution in [0.5, 0.6) is 0 Å². The second kappa shape index (κ2) is 11.9. The highest BCUT2D eigenvalue weighted by Gasteiger charge is 2.29. The third-order valence-corrected chi connectivity index (χ3v) is 7.60. The molecule has 5 rings (SSSR count). The van der Waals surface area contributed by atoms with Crippen LogP contribution in [-0.2, 0) is 10.3 Å². The van der Waals surface area contributed by atoms with E-state index in [9.17, 15) is 23.6 Å². The molecule has 0 spiro atoms. The number of benzene rings is 2. The van der Waals surface area contributed by atoms with Crippen LogP contribution in [0.3, 0.4) is 0 Å². The summed E-state index contributed by atoms with van der Waals surface area (Å²) < 4.78 is 20.6.